The van der Waals surface area contributed by atoms with Gasteiger partial charge in [-0.05, 0) is 32.1 Å². The Labute approximate surface area is 109 Å². The van der Waals surface area contributed by atoms with E-state index in [4.69, 9.17) is 10.5 Å². The predicted molar refractivity (Wildman–Crippen MR) is 69.1 cm³/mol. The van der Waals surface area contributed by atoms with Gasteiger partial charge in [0.2, 0.25) is 5.91 Å². The summed E-state index contributed by atoms with van der Waals surface area (Å²) in [5.74, 6) is 0.997. The lowest BCUT2D eigenvalue weighted by Gasteiger charge is -2.34. The van der Waals surface area contributed by atoms with Crippen molar-refractivity contribution < 1.29 is 9.53 Å². The first-order valence-corrected chi connectivity index (χ1v) is 6.30. The summed E-state index contributed by atoms with van der Waals surface area (Å²) in [6, 6.07) is 0.257. The van der Waals surface area contributed by atoms with Gasteiger partial charge >= 0.3 is 0 Å². The van der Waals surface area contributed by atoms with Crippen molar-refractivity contribution in [3.8, 4) is 0 Å². The molecule has 2 aliphatic heterocycles. The highest BCUT2D eigenvalue weighted by molar-refractivity contribution is 5.85. The first-order valence-electron chi connectivity index (χ1n) is 6.30. The van der Waals surface area contributed by atoms with Crippen molar-refractivity contribution >= 4 is 18.3 Å². The van der Waals surface area contributed by atoms with Crippen LogP contribution in [0.2, 0.25) is 0 Å². The molecule has 4 nitrogen and oxygen atoms in total. The van der Waals surface area contributed by atoms with Crippen LogP contribution >= 0.6 is 12.4 Å². The van der Waals surface area contributed by atoms with E-state index in [0.717, 1.165) is 39.0 Å². The Bertz CT molecular complexity index is 247. The van der Waals surface area contributed by atoms with Gasteiger partial charge in [0, 0.05) is 25.7 Å². The maximum Gasteiger partial charge on any atom is 0.228 e. The monoisotopic (exact) mass is 262 g/mol. The average molecular weight is 263 g/mol. The van der Waals surface area contributed by atoms with E-state index in [0.29, 0.717) is 18.4 Å². The minimum absolute atomic E-state index is 0. The molecule has 2 heterocycles. The molecule has 2 unspecified atom stereocenters. The zero-order chi connectivity index (χ0) is 11.5. The van der Waals surface area contributed by atoms with Gasteiger partial charge in [-0.15, -0.1) is 12.4 Å². The lowest BCUT2D eigenvalue weighted by atomic mass is 9.90. The molecule has 17 heavy (non-hydrogen) atoms. The van der Waals surface area contributed by atoms with Crippen LogP contribution in [-0.2, 0) is 9.53 Å². The Hall–Kier alpha value is -0.320. The molecule has 0 aromatic rings. The van der Waals surface area contributed by atoms with E-state index >= 15 is 0 Å². The number of likely N-dealkylation sites (tertiary alicyclic amines) is 1. The number of carbonyl (C=O) groups excluding carboxylic acids is 1. The molecule has 0 aliphatic carbocycles. The van der Waals surface area contributed by atoms with Crippen LogP contribution in [0.25, 0.3) is 0 Å². The standard InChI is InChI=1S/C12H22N2O2.ClH/c1-9(13)10-2-5-14(6-3-10)12(15)11-4-7-16-8-11;/h9-11H,2-8,13H2,1H3;1H. The SMILES string of the molecule is CC(N)C1CCN(C(=O)C2CCOC2)CC1.Cl. The molecule has 100 valence electrons. The Morgan fingerprint density at radius 2 is 2.00 bits per heavy atom. The van der Waals surface area contributed by atoms with E-state index in [2.05, 4.69) is 6.92 Å². The number of amides is 1. The molecule has 0 aromatic heterocycles. The maximum absolute atomic E-state index is 12.1. The van der Waals surface area contributed by atoms with E-state index in [1.54, 1.807) is 0 Å². The number of hydrogen-bond donors (Lipinski definition) is 1. The van der Waals surface area contributed by atoms with Crippen molar-refractivity contribution in [3.05, 3.63) is 0 Å². The van der Waals surface area contributed by atoms with Crippen LogP contribution < -0.4 is 5.73 Å². The summed E-state index contributed by atoms with van der Waals surface area (Å²) in [4.78, 5) is 14.1. The Morgan fingerprint density at radius 3 is 2.47 bits per heavy atom. The summed E-state index contributed by atoms with van der Waals surface area (Å²) in [5, 5.41) is 0. The molecule has 0 aromatic carbocycles. The summed E-state index contributed by atoms with van der Waals surface area (Å²) in [6.07, 6.45) is 3.00. The van der Waals surface area contributed by atoms with Crippen LogP contribution in [0.5, 0.6) is 0 Å². The van der Waals surface area contributed by atoms with Gasteiger partial charge in [0.15, 0.2) is 0 Å². The van der Waals surface area contributed by atoms with Gasteiger partial charge in [-0.25, -0.2) is 0 Å². The third-order valence-electron chi connectivity index (χ3n) is 3.87. The lowest BCUT2D eigenvalue weighted by Crippen LogP contribution is -2.44. The van der Waals surface area contributed by atoms with E-state index in [9.17, 15) is 4.79 Å². The number of nitrogens with zero attached hydrogens (tertiary/aromatic N) is 1. The first-order chi connectivity index (χ1) is 7.68. The lowest BCUT2D eigenvalue weighted by molar-refractivity contribution is -0.137. The van der Waals surface area contributed by atoms with Crippen LogP contribution in [0.4, 0.5) is 0 Å². The number of rotatable bonds is 2. The summed E-state index contributed by atoms with van der Waals surface area (Å²) in [5.41, 5.74) is 5.89. The topological polar surface area (TPSA) is 55.6 Å². The highest BCUT2D eigenvalue weighted by atomic mass is 35.5. The second-order valence-electron chi connectivity index (χ2n) is 5.08. The van der Waals surface area contributed by atoms with Gasteiger partial charge in [-0.2, -0.15) is 0 Å². The predicted octanol–water partition coefficient (Wildman–Crippen LogP) is 1.03. The van der Waals surface area contributed by atoms with E-state index in [-0.39, 0.29) is 24.4 Å². The third-order valence-corrected chi connectivity index (χ3v) is 3.87. The molecule has 2 N–H and O–H groups in total. The van der Waals surface area contributed by atoms with Crippen LogP contribution in [-0.4, -0.2) is 43.2 Å². The van der Waals surface area contributed by atoms with Gasteiger partial charge in [0.1, 0.15) is 0 Å². The van der Waals surface area contributed by atoms with Gasteiger partial charge in [-0.1, -0.05) is 0 Å². The Morgan fingerprint density at radius 1 is 1.35 bits per heavy atom. The van der Waals surface area contributed by atoms with E-state index in [1.165, 1.54) is 0 Å². The van der Waals surface area contributed by atoms with Crippen molar-refractivity contribution in [2.75, 3.05) is 26.3 Å². The summed E-state index contributed by atoms with van der Waals surface area (Å²) in [6.45, 7) is 5.18. The Kier molecular flexibility index (Phi) is 5.70. The minimum atomic E-state index is 0. The zero-order valence-corrected chi connectivity index (χ0v) is 11.2. The van der Waals surface area contributed by atoms with Crippen LogP contribution in [0.15, 0.2) is 0 Å². The van der Waals surface area contributed by atoms with Crippen LogP contribution in [0.1, 0.15) is 26.2 Å². The third kappa shape index (κ3) is 3.57. The molecule has 0 bridgehead atoms. The quantitative estimate of drug-likeness (QED) is 0.809. The second-order valence-corrected chi connectivity index (χ2v) is 5.08. The minimum Gasteiger partial charge on any atom is -0.381 e. The fourth-order valence-electron chi connectivity index (χ4n) is 2.63. The molecule has 2 aliphatic rings. The van der Waals surface area contributed by atoms with Crippen molar-refractivity contribution in [2.24, 2.45) is 17.6 Å². The maximum atomic E-state index is 12.1. The van der Waals surface area contributed by atoms with Crippen molar-refractivity contribution in [2.45, 2.75) is 32.2 Å². The summed E-state index contributed by atoms with van der Waals surface area (Å²) >= 11 is 0. The first kappa shape index (κ1) is 14.7. The molecule has 0 spiro atoms. The molecule has 5 heteroatoms. The van der Waals surface area contributed by atoms with E-state index in [1.807, 2.05) is 4.90 Å². The number of halogens is 1. The molecule has 0 saturated carbocycles. The Balaban J connectivity index is 0.00000144. The average Bonchev–Trinajstić information content (AvgIpc) is 2.81. The fourth-order valence-corrected chi connectivity index (χ4v) is 2.63. The molecule has 2 fully saturated rings. The molecule has 0 radical (unpaired) electrons. The highest BCUT2D eigenvalue weighted by Crippen LogP contribution is 2.23. The normalized spacial score (nSPS) is 27.6. The van der Waals surface area contributed by atoms with Crippen molar-refractivity contribution in [1.82, 2.24) is 4.90 Å². The molecular formula is C12H23ClN2O2. The number of carbonyl (C=O) groups is 1. The van der Waals surface area contributed by atoms with Crippen LogP contribution in [0.3, 0.4) is 0 Å². The molecule has 2 atom stereocenters. The number of piperidine rings is 1. The van der Waals surface area contributed by atoms with Gasteiger partial charge in [0.05, 0.1) is 12.5 Å². The molecule has 2 rings (SSSR count). The van der Waals surface area contributed by atoms with Gasteiger partial charge < -0.3 is 15.4 Å². The fraction of sp³-hybridized carbons (Fsp3) is 0.917. The zero-order valence-electron chi connectivity index (χ0n) is 10.4. The molecular weight excluding hydrogens is 240 g/mol. The van der Waals surface area contributed by atoms with E-state index < -0.39 is 0 Å². The smallest absolute Gasteiger partial charge is 0.228 e. The summed E-state index contributed by atoms with van der Waals surface area (Å²) in [7, 11) is 0. The van der Waals surface area contributed by atoms with Gasteiger partial charge in [0.25, 0.3) is 0 Å². The van der Waals surface area contributed by atoms with Crippen molar-refractivity contribution in [1.29, 1.82) is 0 Å². The summed E-state index contributed by atoms with van der Waals surface area (Å²) < 4.78 is 5.26. The van der Waals surface area contributed by atoms with Crippen molar-refractivity contribution in [3.63, 3.8) is 0 Å². The second kappa shape index (κ2) is 6.57. The number of ether oxygens (including phenoxy) is 1. The largest absolute Gasteiger partial charge is 0.381 e. The number of nitrogens with two attached hydrogens (primary N) is 1. The van der Waals surface area contributed by atoms with Crippen LogP contribution in [0, 0.1) is 11.8 Å². The van der Waals surface area contributed by atoms with Gasteiger partial charge in [-0.3, -0.25) is 4.79 Å². The molecule has 2 saturated heterocycles. The molecule has 1 amide bonds. The number of hydrogen-bond acceptors (Lipinski definition) is 3. The highest BCUT2D eigenvalue weighted by Gasteiger charge is 2.31.